The fraction of sp³-hybridized carbons (Fsp3) is 0.286. The van der Waals surface area contributed by atoms with E-state index in [0.717, 1.165) is 12.1 Å². The highest BCUT2D eigenvalue weighted by molar-refractivity contribution is 5.94. The molecule has 1 amide bonds. The third-order valence-electron chi connectivity index (χ3n) is 2.85. The number of nitrogens with zero attached hydrogens (tertiary/aromatic N) is 2. The number of amides is 1. The largest absolute Gasteiger partial charge is 0.349 e. The summed E-state index contributed by atoms with van der Waals surface area (Å²) in [7, 11) is 1.95. The summed E-state index contributed by atoms with van der Waals surface area (Å²) in [5.74, 6) is -0.0368. The van der Waals surface area contributed by atoms with Crippen molar-refractivity contribution in [1.82, 2.24) is 14.9 Å². The van der Waals surface area contributed by atoms with E-state index in [1.165, 1.54) is 0 Å². The molecule has 0 fully saturated rings. The Morgan fingerprint density at radius 2 is 2.11 bits per heavy atom. The maximum atomic E-state index is 11.9. The minimum Gasteiger partial charge on any atom is -0.349 e. The van der Waals surface area contributed by atoms with Gasteiger partial charge in [0.25, 0.3) is 5.91 Å². The van der Waals surface area contributed by atoms with Gasteiger partial charge in [-0.15, -0.1) is 0 Å². The van der Waals surface area contributed by atoms with Gasteiger partial charge in [0.1, 0.15) is 0 Å². The number of hydrogen-bond acceptors (Lipinski definition) is 2. The summed E-state index contributed by atoms with van der Waals surface area (Å²) < 4.78 is 1.96. The van der Waals surface area contributed by atoms with Gasteiger partial charge < -0.3 is 9.88 Å². The lowest BCUT2D eigenvalue weighted by molar-refractivity contribution is 0.0940. The van der Waals surface area contributed by atoms with Crippen LogP contribution in [0.5, 0.6) is 0 Å². The molecule has 18 heavy (non-hydrogen) atoms. The normalized spacial score (nSPS) is 12.1. The zero-order valence-corrected chi connectivity index (χ0v) is 10.6. The molecule has 1 heterocycles. The first-order chi connectivity index (χ1) is 8.66. The van der Waals surface area contributed by atoms with E-state index in [1.54, 1.807) is 6.33 Å². The zero-order valence-electron chi connectivity index (χ0n) is 10.6. The first-order valence-corrected chi connectivity index (χ1v) is 5.98. The first kappa shape index (κ1) is 12.4. The van der Waals surface area contributed by atoms with Crippen molar-refractivity contribution in [2.45, 2.75) is 19.4 Å². The lowest BCUT2D eigenvalue weighted by Crippen LogP contribution is -2.34. The number of benzene rings is 1. The van der Waals surface area contributed by atoms with Gasteiger partial charge in [-0.3, -0.25) is 4.79 Å². The molecule has 0 bridgehead atoms. The lowest BCUT2D eigenvalue weighted by atomic mass is 10.1. The topological polar surface area (TPSA) is 46.9 Å². The molecular formula is C14H17N3O. The van der Waals surface area contributed by atoms with Gasteiger partial charge in [-0.1, -0.05) is 18.2 Å². The fourth-order valence-electron chi connectivity index (χ4n) is 1.84. The molecule has 4 heteroatoms. The molecule has 0 radical (unpaired) electrons. The molecule has 1 aromatic carbocycles. The molecule has 2 aromatic rings. The van der Waals surface area contributed by atoms with Crippen LogP contribution in [0.1, 0.15) is 23.0 Å². The summed E-state index contributed by atoms with van der Waals surface area (Å²) in [5, 5.41) is 2.98. The van der Waals surface area contributed by atoms with E-state index < -0.39 is 0 Å². The molecular weight excluding hydrogens is 226 g/mol. The maximum absolute atomic E-state index is 11.9. The molecule has 0 aliphatic rings. The summed E-state index contributed by atoms with van der Waals surface area (Å²) in [6.45, 7) is 1.99. The fourth-order valence-corrected chi connectivity index (χ4v) is 1.84. The van der Waals surface area contributed by atoms with Crippen LogP contribution < -0.4 is 5.32 Å². The molecule has 0 saturated carbocycles. The van der Waals surface area contributed by atoms with E-state index in [0.29, 0.717) is 5.56 Å². The van der Waals surface area contributed by atoms with Crippen molar-refractivity contribution in [3.63, 3.8) is 0 Å². The Bertz CT molecular complexity index is 519. The minimum atomic E-state index is -0.0368. The van der Waals surface area contributed by atoms with Crippen LogP contribution in [-0.2, 0) is 13.5 Å². The van der Waals surface area contributed by atoms with Crippen LogP contribution >= 0.6 is 0 Å². The third kappa shape index (κ3) is 2.97. The highest BCUT2D eigenvalue weighted by Gasteiger charge is 2.11. The van der Waals surface area contributed by atoms with Crippen LogP contribution in [0.2, 0.25) is 0 Å². The molecule has 0 spiro atoms. The second-order valence-electron chi connectivity index (χ2n) is 4.44. The van der Waals surface area contributed by atoms with E-state index in [9.17, 15) is 4.79 Å². The Morgan fingerprint density at radius 3 is 2.72 bits per heavy atom. The van der Waals surface area contributed by atoms with Crippen LogP contribution in [0, 0.1) is 0 Å². The average molecular weight is 243 g/mol. The first-order valence-electron chi connectivity index (χ1n) is 5.98. The van der Waals surface area contributed by atoms with Crippen molar-refractivity contribution in [1.29, 1.82) is 0 Å². The second-order valence-corrected chi connectivity index (χ2v) is 4.44. The Morgan fingerprint density at radius 1 is 1.39 bits per heavy atom. The van der Waals surface area contributed by atoms with Crippen molar-refractivity contribution in [2.24, 2.45) is 7.05 Å². The predicted molar refractivity (Wildman–Crippen MR) is 70.3 cm³/mol. The monoisotopic (exact) mass is 243 g/mol. The number of hydrogen-bond donors (Lipinski definition) is 1. The molecule has 1 unspecified atom stereocenters. The minimum absolute atomic E-state index is 0.0368. The summed E-state index contributed by atoms with van der Waals surface area (Å²) in [5.41, 5.74) is 1.80. The third-order valence-corrected chi connectivity index (χ3v) is 2.85. The SMILES string of the molecule is CC(Cc1cncn1C)NC(=O)c1ccccc1. The Balaban J connectivity index is 1.94. The highest BCUT2D eigenvalue weighted by atomic mass is 16.1. The number of imidazole rings is 1. The van der Waals surface area contributed by atoms with E-state index in [4.69, 9.17) is 0 Å². The second kappa shape index (κ2) is 5.49. The Labute approximate surface area is 107 Å². The van der Waals surface area contributed by atoms with Crippen LogP contribution in [-0.4, -0.2) is 21.5 Å². The molecule has 94 valence electrons. The number of carbonyl (C=O) groups is 1. The number of rotatable bonds is 4. The molecule has 0 aliphatic heterocycles. The quantitative estimate of drug-likeness (QED) is 0.889. The van der Waals surface area contributed by atoms with E-state index in [2.05, 4.69) is 10.3 Å². The number of carbonyl (C=O) groups excluding carboxylic acids is 1. The van der Waals surface area contributed by atoms with Gasteiger partial charge in [-0.2, -0.15) is 0 Å². The van der Waals surface area contributed by atoms with Gasteiger partial charge in [-0.05, 0) is 19.1 Å². The molecule has 2 rings (SSSR count). The van der Waals surface area contributed by atoms with Gasteiger partial charge in [0, 0.05) is 37.0 Å². The van der Waals surface area contributed by atoms with E-state index in [-0.39, 0.29) is 11.9 Å². The Hall–Kier alpha value is -2.10. The summed E-state index contributed by atoms with van der Waals surface area (Å²) in [4.78, 5) is 16.0. The predicted octanol–water partition coefficient (Wildman–Crippen LogP) is 1.78. The van der Waals surface area contributed by atoms with Crippen molar-refractivity contribution in [2.75, 3.05) is 0 Å². The molecule has 1 N–H and O–H groups in total. The van der Waals surface area contributed by atoms with Crippen molar-refractivity contribution >= 4 is 5.91 Å². The van der Waals surface area contributed by atoms with Crippen molar-refractivity contribution in [3.05, 3.63) is 54.1 Å². The maximum Gasteiger partial charge on any atom is 0.251 e. The van der Waals surface area contributed by atoms with Gasteiger partial charge in [-0.25, -0.2) is 4.98 Å². The van der Waals surface area contributed by atoms with E-state index in [1.807, 2.05) is 55.1 Å². The number of aryl methyl sites for hydroxylation is 1. The molecule has 0 aliphatic carbocycles. The van der Waals surface area contributed by atoms with Gasteiger partial charge in [0.05, 0.1) is 6.33 Å². The molecule has 0 saturated heterocycles. The van der Waals surface area contributed by atoms with Gasteiger partial charge in [0.2, 0.25) is 0 Å². The van der Waals surface area contributed by atoms with Crippen LogP contribution in [0.3, 0.4) is 0 Å². The van der Waals surface area contributed by atoms with Crippen LogP contribution in [0.25, 0.3) is 0 Å². The average Bonchev–Trinajstić information content (AvgIpc) is 2.76. The Kier molecular flexibility index (Phi) is 3.77. The smallest absolute Gasteiger partial charge is 0.251 e. The van der Waals surface area contributed by atoms with Gasteiger partial charge >= 0.3 is 0 Å². The standard InChI is InChI=1S/C14H17N3O/c1-11(8-13-9-15-10-17(13)2)16-14(18)12-6-4-3-5-7-12/h3-7,9-11H,8H2,1-2H3,(H,16,18). The summed E-state index contributed by atoms with van der Waals surface area (Å²) >= 11 is 0. The highest BCUT2D eigenvalue weighted by Crippen LogP contribution is 2.03. The molecule has 4 nitrogen and oxygen atoms in total. The number of nitrogens with one attached hydrogen (secondary N) is 1. The van der Waals surface area contributed by atoms with Crippen LogP contribution in [0.15, 0.2) is 42.9 Å². The summed E-state index contributed by atoms with van der Waals surface area (Å²) in [6, 6.07) is 9.32. The zero-order chi connectivity index (χ0) is 13.0. The lowest BCUT2D eigenvalue weighted by Gasteiger charge is -2.14. The molecule has 1 aromatic heterocycles. The van der Waals surface area contributed by atoms with Crippen LogP contribution in [0.4, 0.5) is 0 Å². The van der Waals surface area contributed by atoms with E-state index >= 15 is 0 Å². The number of aromatic nitrogens is 2. The van der Waals surface area contributed by atoms with Crippen molar-refractivity contribution < 1.29 is 4.79 Å². The summed E-state index contributed by atoms with van der Waals surface area (Å²) in [6.07, 6.45) is 4.36. The van der Waals surface area contributed by atoms with Gasteiger partial charge in [0.15, 0.2) is 0 Å². The van der Waals surface area contributed by atoms with Crippen molar-refractivity contribution in [3.8, 4) is 0 Å². The molecule has 1 atom stereocenters.